The van der Waals surface area contributed by atoms with E-state index >= 15 is 0 Å². The summed E-state index contributed by atoms with van der Waals surface area (Å²) in [4.78, 5) is 12.3. The van der Waals surface area contributed by atoms with Crippen molar-refractivity contribution in [1.29, 1.82) is 0 Å². The first-order valence-corrected chi connectivity index (χ1v) is 7.79. The summed E-state index contributed by atoms with van der Waals surface area (Å²) in [5.74, 6) is 0. The molecule has 1 aromatic heterocycles. The van der Waals surface area contributed by atoms with Crippen molar-refractivity contribution in [3.63, 3.8) is 0 Å². The Hall–Kier alpha value is -2.63. The maximum atomic E-state index is 12.3. The van der Waals surface area contributed by atoms with E-state index in [0.29, 0.717) is 16.4 Å². The average Bonchev–Trinajstić information content (AvgIpc) is 2.61. The highest BCUT2D eigenvalue weighted by atomic mass is 35.5. The van der Waals surface area contributed by atoms with Crippen LogP contribution in [0.1, 0.15) is 5.56 Å². The van der Waals surface area contributed by atoms with Crippen LogP contribution < -0.4 is 11.0 Å². The van der Waals surface area contributed by atoms with Crippen molar-refractivity contribution in [2.24, 2.45) is 5.10 Å². The molecule has 3 rings (SSSR count). The molecule has 0 amide bonds. The third-order valence-electron chi connectivity index (χ3n) is 3.21. The smallest absolute Gasteiger partial charge is 0.275 e. The fourth-order valence-electron chi connectivity index (χ4n) is 2.01. The zero-order chi connectivity index (χ0) is 16.9. The molecule has 0 saturated carbocycles. The molecule has 0 unspecified atom stereocenters. The van der Waals surface area contributed by atoms with Crippen LogP contribution in [0, 0.1) is 0 Å². The molecule has 24 heavy (non-hydrogen) atoms. The molecule has 0 aliphatic heterocycles. The summed E-state index contributed by atoms with van der Waals surface area (Å²) in [7, 11) is 0. The van der Waals surface area contributed by atoms with Crippen LogP contribution in [-0.2, 0) is 0 Å². The predicted octanol–water partition coefficient (Wildman–Crippen LogP) is 3.99. The molecular weight excluding hydrogens is 347 g/mol. The third-order valence-corrected chi connectivity index (χ3v) is 3.92. The van der Waals surface area contributed by atoms with Crippen LogP contribution in [0.15, 0.2) is 70.7 Å². The molecule has 0 aliphatic carbocycles. The standard InChI is InChI=1S/C17H12Cl2N4O/c18-14-9-5-4-6-12(14)10-20-22-15-11-21-23(17(24)16(15)19)13-7-2-1-3-8-13/h1-11,22H/b20-10+. The first-order valence-electron chi connectivity index (χ1n) is 7.03. The first kappa shape index (κ1) is 16.2. The molecular formula is C17H12Cl2N4O. The summed E-state index contributed by atoms with van der Waals surface area (Å²) < 4.78 is 1.23. The largest absolute Gasteiger partial charge is 0.292 e. The van der Waals surface area contributed by atoms with E-state index in [2.05, 4.69) is 15.6 Å². The molecule has 2 aromatic carbocycles. The van der Waals surface area contributed by atoms with E-state index in [1.807, 2.05) is 36.4 Å². The Balaban J connectivity index is 1.84. The van der Waals surface area contributed by atoms with Gasteiger partial charge in [-0.3, -0.25) is 10.2 Å². The fraction of sp³-hybridized carbons (Fsp3) is 0. The number of halogens is 2. The summed E-state index contributed by atoms with van der Waals surface area (Å²) in [5, 5.41) is 8.74. The highest BCUT2D eigenvalue weighted by Crippen LogP contribution is 2.17. The minimum Gasteiger partial charge on any atom is -0.275 e. The van der Waals surface area contributed by atoms with Gasteiger partial charge in [-0.05, 0) is 18.2 Å². The molecule has 1 heterocycles. The van der Waals surface area contributed by atoms with Crippen LogP contribution in [0.2, 0.25) is 10.0 Å². The number of nitrogens with one attached hydrogen (secondary N) is 1. The van der Waals surface area contributed by atoms with Crippen molar-refractivity contribution in [2.75, 3.05) is 5.43 Å². The summed E-state index contributed by atoms with van der Waals surface area (Å²) in [5.41, 5.74) is 3.98. The van der Waals surface area contributed by atoms with Crippen LogP contribution in [0.25, 0.3) is 5.69 Å². The van der Waals surface area contributed by atoms with Gasteiger partial charge >= 0.3 is 0 Å². The SMILES string of the molecule is O=c1c(Cl)c(N/N=C/c2ccccc2Cl)cnn1-c1ccccc1. The number of aromatic nitrogens is 2. The Labute approximate surface area is 148 Å². The van der Waals surface area contributed by atoms with Gasteiger partial charge in [0, 0.05) is 10.6 Å². The normalized spacial score (nSPS) is 10.9. The van der Waals surface area contributed by atoms with Gasteiger partial charge < -0.3 is 0 Å². The number of hydrogen-bond donors (Lipinski definition) is 1. The number of para-hydroxylation sites is 1. The Morgan fingerprint density at radius 2 is 1.75 bits per heavy atom. The average molecular weight is 359 g/mol. The Kier molecular flexibility index (Phi) is 4.93. The van der Waals surface area contributed by atoms with Gasteiger partial charge in [-0.25, -0.2) is 0 Å². The molecule has 0 fully saturated rings. The Bertz CT molecular complexity index is 939. The summed E-state index contributed by atoms with van der Waals surface area (Å²) >= 11 is 12.2. The van der Waals surface area contributed by atoms with Crippen molar-refractivity contribution < 1.29 is 0 Å². The Morgan fingerprint density at radius 1 is 1.04 bits per heavy atom. The zero-order valence-electron chi connectivity index (χ0n) is 12.4. The predicted molar refractivity (Wildman–Crippen MR) is 97.5 cm³/mol. The highest BCUT2D eigenvalue weighted by Gasteiger charge is 2.09. The summed E-state index contributed by atoms with van der Waals surface area (Å²) in [6.45, 7) is 0. The van der Waals surface area contributed by atoms with E-state index in [0.717, 1.165) is 5.56 Å². The number of rotatable bonds is 4. The number of benzene rings is 2. The van der Waals surface area contributed by atoms with Crippen LogP contribution in [0.4, 0.5) is 5.69 Å². The topological polar surface area (TPSA) is 59.3 Å². The molecule has 0 saturated heterocycles. The zero-order valence-corrected chi connectivity index (χ0v) is 13.9. The van der Waals surface area contributed by atoms with Gasteiger partial charge in [-0.1, -0.05) is 59.6 Å². The number of hydrazone groups is 1. The van der Waals surface area contributed by atoms with E-state index in [1.54, 1.807) is 24.4 Å². The van der Waals surface area contributed by atoms with Gasteiger partial charge in [0.05, 0.1) is 18.1 Å². The van der Waals surface area contributed by atoms with Gasteiger partial charge in [0.1, 0.15) is 10.7 Å². The van der Waals surface area contributed by atoms with Crippen molar-refractivity contribution >= 4 is 35.1 Å². The fourth-order valence-corrected chi connectivity index (χ4v) is 2.37. The van der Waals surface area contributed by atoms with E-state index in [4.69, 9.17) is 23.2 Å². The van der Waals surface area contributed by atoms with Crippen LogP contribution in [-0.4, -0.2) is 16.0 Å². The molecule has 0 aliphatic rings. The molecule has 0 spiro atoms. The van der Waals surface area contributed by atoms with Crippen molar-refractivity contribution in [1.82, 2.24) is 9.78 Å². The second-order valence-corrected chi connectivity index (χ2v) is 5.60. The maximum Gasteiger partial charge on any atom is 0.292 e. The third kappa shape index (κ3) is 3.48. The Morgan fingerprint density at radius 3 is 2.50 bits per heavy atom. The molecule has 1 N–H and O–H groups in total. The first-order chi connectivity index (χ1) is 11.7. The minimum absolute atomic E-state index is 0.00478. The lowest BCUT2D eigenvalue weighted by Gasteiger charge is -2.07. The lowest BCUT2D eigenvalue weighted by atomic mass is 10.2. The number of hydrogen-bond acceptors (Lipinski definition) is 4. The van der Waals surface area contributed by atoms with E-state index < -0.39 is 5.56 Å². The van der Waals surface area contributed by atoms with E-state index in [1.165, 1.54) is 10.9 Å². The summed E-state index contributed by atoms with van der Waals surface area (Å²) in [6.07, 6.45) is 2.99. The van der Waals surface area contributed by atoms with Crippen LogP contribution >= 0.6 is 23.2 Å². The molecule has 120 valence electrons. The molecule has 0 radical (unpaired) electrons. The van der Waals surface area contributed by atoms with Gasteiger partial charge in [-0.15, -0.1) is 0 Å². The van der Waals surface area contributed by atoms with Gasteiger partial charge in [-0.2, -0.15) is 14.9 Å². The van der Waals surface area contributed by atoms with Crippen molar-refractivity contribution in [3.05, 3.63) is 86.8 Å². The van der Waals surface area contributed by atoms with Crippen LogP contribution in [0.3, 0.4) is 0 Å². The second-order valence-electron chi connectivity index (χ2n) is 4.82. The van der Waals surface area contributed by atoms with Gasteiger partial charge in [0.2, 0.25) is 0 Å². The minimum atomic E-state index is -0.430. The highest BCUT2D eigenvalue weighted by molar-refractivity contribution is 6.33. The molecule has 0 bridgehead atoms. The van der Waals surface area contributed by atoms with Crippen molar-refractivity contribution in [3.8, 4) is 5.69 Å². The monoisotopic (exact) mass is 358 g/mol. The molecule has 7 heteroatoms. The molecule has 3 aromatic rings. The quantitative estimate of drug-likeness (QED) is 0.566. The lowest BCUT2D eigenvalue weighted by Crippen LogP contribution is -2.22. The van der Waals surface area contributed by atoms with Gasteiger partial charge in [0.25, 0.3) is 5.56 Å². The van der Waals surface area contributed by atoms with Crippen LogP contribution in [0.5, 0.6) is 0 Å². The second kappa shape index (κ2) is 7.29. The van der Waals surface area contributed by atoms with Gasteiger partial charge in [0.15, 0.2) is 0 Å². The number of anilines is 1. The molecule has 0 atom stereocenters. The summed E-state index contributed by atoms with van der Waals surface area (Å²) in [6, 6.07) is 16.3. The van der Waals surface area contributed by atoms with E-state index in [-0.39, 0.29) is 5.02 Å². The van der Waals surface area contributed by atoms with Crippen molar-refractivity contribution in [2.45, 2.75) is 0 Å². The maximum absolute atomic E-state index is 12.3. The lowest BCUT2D eigenvalue weighted by molar-refractivity contribution is 0.808. The number of nitrogens with zero attached hydrogens (tertiary/aromatic N) is 3. The molecule has 5 nitrogen and oxygen atoms in total. The van der Waals surface area contributed by atoms with E-state index in [9.17, 15) is 4.79 Å².